The van der Waals surface area contributed by atoms with E-state index in [9.17, 15) is 0 Å². The van der Waals surface area contributed by atoms with Crippen LogP contribution in [0.25, 0.3) is 0 Å². The lowest BCUT2D eigenvalue weighted by molar-refractivity contribution is 0.276. The summed E-state index contributed by atoms with van der Waals surface area (Å²) >= 11 is 0. The molecular formula is C14H20O2. The highest BCUT2D eigenvalue weighted by Crippen LogP contribution is 2.34. The predicted octanol–water partition coefficient (Wildman–Crippen LogP) is 3.50. The lowest BCUT2D eigenvalue weighted by Gasteiger charge is -2.21. The summed E-state index contributed by atoms with van der Waals surface area (Å²) in [6.45, 7) is 5.90. The van der Waals surface area contributed by atoms with Crippen LogP contribution in [0.3, 0.4) is 0 Å². The van der Waals surface area contributed by atoms with Crippen molar-refractivity contribution in [3.8, 4) is 11.5 Å². The normalized spacial score (nSPS) is 14.1. The molecule has 2 nitrogen and oxygen atoms in total. The second kappa shape index (κ2) is 5.24. The van der Waals surface area contributed by atoms with Crippen LogP contribution in [0.1, 0.15) is 37.3 Å². The van der Waals surface area contributed by atoms with Gasteiger partial charge < -0.3 is 9.47 Å². The van der Waals surface area contributed by atoms with Gasteiger partial charge in [0.15, 0.2) is 0 Å². The molecule has 2 rings (SSSR count). The lowest BCUT2D eigenvalue weighted by Crippen LogP contribution is -2.10. The fourth-order valence-corrected chi connectivity index (χ4v) is 2.05. The number of ether oxygens (including phenoxy) is 2. The van der Waals surface area contributed by atoms with E-state index in [1.54, 1.807) is 0 Å². The Morgan fingerprint density at radius 1 is 1.38 bits per heavy atom. The van der Waals surface area contributed by atoms with Gasteiger partial charge in [0.25, 0.3) is 0 Å². The summed E-state index contributed by atoms with van der Waals surface area (Å²) in [4.78, 5) is 0. The first-order valence-corrected chi connectivity index (χ1v) is 6.21. The van der Waals surface area contributed by atoms with Crippen LogP contribution in [0.4, 0.5) is 0 Å². The number of fused-ring (bicyclic) bond motifs is 1. The molecule has 1 aliphatic heterocycles. The maximum Gasteiger partial charge on any atom is 0.129 e. The van der Waals surface area contributed by atoms with E-state index in [4.69, 9.17) is 9.47 Å². The average Bonchev–Trinajstić information content (AvgIpc) is 2.33. The summed E-state index contributed by atoms with van der Waals surface area (Å²) in [6.07, 6.45) is 4.53. The monoisotopic (exact) mass is 220 g/mol. The number of unbranched alkanes of at least 4 members (excludes halogenated alkanes) is 1. The highest BCUT2D eigenvalue weighted by atomic mass is 16.5. The maximum atomic E-state index is 5.76. The minimum absolute atomic E-state index is 0.802. The first kappa shape index (κ1) is 11.3. The third-order valence-corrected chi connectivity index (χ3v) is 3.03. The number of hydrogen-bond acceptors (Lipinski definition) is 2. The van der Waals surface area contributed by atoms with Crippen molar-refractivity contribution >= 4 is 0 Å². The molecule has 88 valence electrons. The van der Waals surface area contributed by atoms with Crippen LogP contribution < -0.4 is 9.47 Å². The van der Waals surface area contributed by atoms with Gasteiger partial charge in [-0.15, -0.1) is 0 Å². The molecule has 1 aromatic rings. The highest BCUT2D eigenvalue weighted by Gasteiger charge is 2.15. The fraction of sp³-hybridized carbons (Fsp3) is 0.571. The van der Waals surface area contributed by atoms with Gasteiger partial charge in [-0.05, 0) is 37.8 Å². The SMILES string of the molecule is CCCCOc1ccc2c(c1C)OCCC2. The third-order valence-electron chi connectivity index (χ3n) is 3.03. The molecule has 0 saturated heterocycles. The molecule has 0 aliphatic carbocycles. The van der Waals surface area contributed by atoms with Crippen molar-refractivity contribution < 1.29 is 9.47 Å². The summed E-state index contributed by atoms with van der Waals surface area (Å²) in [6, 6.07) is 4.22. The second-order valence-electron chi connectivity index (χ2n) is 4.33. The molecule has 0 atom stereocenters. The molecule has 0 radical (unpaired) electrons. The van der Waals surface area contributed by atoms with Crippen molar-refractivity contribution in [2.75, 3.05) is 13.2 Å². The van der Waals surface area contributed by atoms with Crippen LogP contribution in [0.5, 0.6) is 11.5 Å². The van der Waals surface area contributed by atoms with E-state index >= 15 is 0 Å². The van der Waals surface area contributed by atoms with Crippen molar-refractivity contribution in [2.24, 2.45) is 0 Å². The highest BCUT2D eigenvalue weighted by molar-refractivity contribution is 5.50. The second-order valence-corrected chi connectivity index (χ2v) is 4.33. The zero-order valence-corrected chi connectivity index (χ0v) is 10.2. The number of rotatable bonds is 4. The minimum Gasteiger partial charge on any atom is -0.493 e. The van der Waals surface area contributed by atoms with Gasteiger partial charge in [-0.1, -0.05) is 19.4 Å². The summed E-state index contributed by atoms with van der Waals surface area (Å²) in [5.41, 5.74) is 2.49. The molecule has 1 aromatic carbocycles. The molecule has 1 heterocycles. The Balaban J connectivity index is 2.14. The van der Waals surface area contributed by atoms with Crippen molar-refractivity contribution in [1.29, 1.82) is 0 Å². The zero-order valence-electron chi connectivity index (χ0n) is 10.2. The van der Waals surface area contributed by atoms with Crippen molar-refractivity contribution in [3.05, 3.63) is 23.3 Å². The summed E-state index contributed by atoms with van der Waals surface area (Å²) < 4.78 is 11.5. The van der Waals surface area contributed by atoms with Gasteiger partial charge in [-0.25, -0.2) is 0 Å². The van der Waals surface area contributed by atoms with Crippen LogP contribution in [-0.2, 0) is 6.42 Å². The Hall–Kier alpha value is -1.18. The maximum absolute atomic E-state index is 5.76. The molecule has 16 heavy (non-hydrogen) atoms. The lowest BCUT2D eigenvalue weighted by atomic mass is 10.0. The molecule has 0 unspecified atom stereocenters. The molecule has 0 N–H and O–H groups in total. The zero-order chi connectivity index (χ0) is 11.4. The summed E-state index contributed by atoms with van der Waals surface area (Å²) in [5.74, 6) is 2.04. The van der Waals surface area contributed by atoms with Gasteiger partial charge in [0.05, 0.1) is 13.2 Å². The average molecular weight is 220 g/mol. The van der Waals surface area contributed by atoms with Crippen molar-refractivity contribution in [1.82, 2.24) is 0 Å². The summed E-state index contributed by atoms with van der Waals surface area (Å²) in [7, 11) is 0. The number of benzene rings is 1. The van der Waals surface area contributed by atoms with Crippen molar-refractivity contribution in [3.63, 3.8) is 0 Å². The van der Waals surface area contributed by atoms with Gasteiger partial charge >= 0.3 is 0 Å². The van der Waals surface area contributed by atoms with Crippen LogP contribution in [0.2, 0.25) is 0 Å². The Morgan fingerprint density at radius 2 is 2.25 bits per heavy atom. The van der Waals surface area contributed by atoms with Crippen LogP contribution in [0.15, 0.2) is 12.1 Å². The van der Waals surface area contributed by atoms with Gasteiger partial charge in [0.1, 0.15) is 11.5 Å². The molecule has 0 bridgehead atoms. The van der Waals surface area contributed by atoms with Gasteiger partial charge in [-0.2, -0.15) is 0 Å². The van der Waals surface area contributed by atoms with E-state index in [1.807, 2.05) is 0 Å². The van der Waals surface area contributed by atoms with Gasteiger partial charge in [-0.3, -0.25) is 0 Å². The summed E-state index contributed by atoms with van der Waals surface area (Å²) in [5, 5.41) is 0. The number of hydrogen-bond donors (Lipinski definition) is 0. The van der Waals surface area contributed by atoms with Crippen LogP contribution in [0, 0.1) is 6.92 Å². The number of aryl methyl sites for hydroxylation is 1. The van der Waals surface area contributed by atoms with E-state index in [0.29, 0.717) is 0 Å². The van der Waals surface area contributed by atoms with Crippen LogP contribution in [-0.4, -0.2) is 13.2 Å². The first-order valence-electron chi connectivity index (χ1n) is 6.21. The van der Waals surface area contributed by atoms with E-state index < -0.39 is 0 Å². The quantitative estimate of drug-likeness (QED) is 0.723. The van der Waals surface area contributed by atoms with E-state index in [-0.39, 0.29) is 0 Å². The largest absolute Gasteiger partial charge is 0.493 e. The fourth-order valence-electron chi connectivity index (χ4n) is 2.05. The predicted molar refractivity (Wildman–Crippen MR) is 65.4 cm³/mol. The van der Waals surface area contributed by atoms with E-state index in [0.717, 1.165) is 49.5 Å². The third kappa shape index (κ3) is 2.31. The first-order chi connectivity index (χ1) is 7.83. The molecule has 0 aromatic heterocycles. The topological polar surface area (TPSA) is 18.5 Å². The molecule has 0 fully saturated rings. The van der Waals surface area contributed by atoms with Crippen LogP contribution >= 0.6 is 0 Å². The van der Waals surface area contributed by atoms with E-state index in [1.165, 1.54) is 12.0 Å². The van der Waals surface area contributed by atoms with Gasteiger partial charge in [0, 0.05) is 5.56 Å². The smallest absolute Gasteiger partial charge is 0.129 e. The van der Waals surface area contributed by atoms with Gasteiger partial charge in [0.2, 0.25) is 0 Å². The Labute approximate surface area is 97.6 Å². The molecule has 2 heteroatoms. The van der Waals surface area contributed by atoms with E-state index in [2.05, 4.69) is 26.0 Å². The Kier molecular flexibility index (Phi) is 3.70. The molecule has 1 aliphatic rings. The Morgan fingerprint density at radius 3 is 3.06 bits per heavy atom. The molecule has 0 spiro atoms. The van der Waals surface area contributed by atoms with Crippen molar-refractivity contribution in [2.45, 2.75) is 39.5 Å². The minimum atomic E-state index is 0.802. The molecule has 0 amide bonds. The Bertz CT molecular complexity index is 358. The molecular weight excluding hydrogens is 200 g/mol. The standard InChI is InChI=1S/C14H20O2/c1-3-4-9-15-13-8-7-12-6-5-10-16-14(12)11(13)2/h7-8H,3-6,9-10H2,1-2H3. The molecule has 0 saturated carbocycles.